The first-order valence-corrected chi connectivity index (χ1v) is 7.39. The molecule has 1 heterocycles. The van der Waals surface area contributed by atoms with Gasteiger partial charge >= 0.3 is 5.97 Å². The molecule has 2 N–H and O–H groups in total. The van der Waals surface area contributed by atoms with Crippen LogP contribution < -0.4 is 10.9 Å². The molecule has 0 aliphatic carbocycles. The van der Waals surface area contributed by atoms with Gasteiger partial charge in [0.05, 0.1) is 12.2 Å². The number of pyridine rings is 1. The highest BCUT2D eigenvalue weighted by Gasteiger charge is 2.18. The van der Waals surface area contributed by atoms with Gasteiger partial charge in [0.1, 0.15) is 18.0 Å². The Kier molecular flexibility index (Phi) is 6.02. The largest absolute Gasteiger partial charge is 0.460 e. The Morgan fingerprint density at radius 3 is 2.64 bits per heavy atom. The highest BCUT2D eigenvalue weighted by atomic mass is 19.1. The van der Waals surface area contributed by atoms with Crippen LogP contribution >= 0.6 is 0 Å². The number of hydrogen-bond acceptors (Lipinski definition) is 5. The summed E-state index contributed by atoms with van der Waals surface area (Å²) in [4.78, 5) is 38.8. The fourth-order valence-corrected chi connectivity index (χ4v) is 2.06. The first kappa shape index (κ1) is 18.3. The standard InChI is InChI=1S/C17H17FN2O5/c1-10-13(17(23)25-7-6-24-2)9-14(15(21)19-10)16(22)20-12-5-3-4-11(18)8-12/h3-5,8-9H,6-7H2,1-2H3,(H,19,21)(H,20,22). The number of rotatable bonds is 6. The third-order valence-electron chi connectivity index (χ3n) is 3.31. The molecule has 0 radical (unpaired) electrons. The van der Waals surface area contributed by atoms with E-state index in [0.29, 0.717) is 0 Å². The first-order valence-electron chi connectivity index (χ1n) is 7.39. The number of H-pyrrole nitrogens is 1. The number of amides is 1. The van der Waals surface area contributed by atoms with Crippen LogP contribution in [-0.2, 0) is 9.47 Å². The molecule has 0 aliphatic heterocycles. The van der Waals surface area contributed by atoms with E-state index in [-0.39, 0.29) is 35.7 Å². The van der Waals surface area contributed by atoms with Gasteiger partial charge in [-0.1, -0.05) is 6.07 Å². The molecular formula is C17H17FN2O5. The van der Waals surface area contributed by atoms with Crippen molar-refractivity contribution in [3.63, 3.8) is 0 Å². The minimum atomic E-state index is -0.766. The molecule has 0 saturated heterocycles. The third kappa shape index (κ3) is 4.74. The van der Waals surface area contributed by atoms with E-state index in [0.717, 1.165) is 12.1 Å². The smallest absolute Gasteiger partial charge is 0.340 e. The Bertz CT molecular complexity index is 847. The number of benzene rings is 1. The van der Waals surface area contributed by atoms with Crippen molar-refractivity contribution in [2.75, 3.05) is 25.6 Å². The van der Waals surface area contributed by atoms with E-state index in [9.17, 15) is 18.8 Å². The number of anilines is 1. The lowest BCUT2D eigenvalue weighted by molar-refractivity contribution is 0.0386. The monoisotopic (exact) mass is 348 g/mol. The Morgan fingerprint density at radius 2 is 1.96 bits per heavy atom. The summed E-state index contributed by atoms with van der Waals surface area (Å²) in [5, 5.41) is 2.41. The number of carbonyl (C=O) groups excluding carboxylic acids is 2. The van der Waals surface area contributed by atoms with Crippen molar-refractivity contribution in [3.8, 4) is 0 Å². The summed E-state index contributed by atoms with van der Waals surface area (Å²) in [6.07, 6.45) is 0. The summed E-state index contributed by atoms with van der Waals surface area (Å²) in [6, 6.07) is 6.38. The SMILES string of the molecule is COCCOC(=O)c1cc(C(=O)Nc2cccc(F)c2)c(=O)[nH]c1C. The maximum absolute atomic E-state index is 13.2. The molecule has 132 valence electrons. The number of nitrogens with one attached hydrogen (secondary N) is 2. The molecule has 0 unspecified atom stereocenters. The number of ether oxygens (including phenoxy) is 2. The fraction of sp³-hybridized carbons (Fsp3) is 0.235. The van der Waals surface area contributed by atoms with E-state index in [1.54, 1.807) is 0 Å². The summed E-state index contributed by atoms with van der Waals surface area (Å²) in [5.74, 6) is -1.98. The van der Waals surface area contributed by atoms with Crippen molar-refractivity contribution in [2.45, 2.75) is 6.92 Å². The van der Waals surface area contributed by atoms with Crippen molar-refractivity contribution in [2.24, 2.45) is 0 Å². The van der Waals surface area contributed by atoms with Gasteiger partial charge in [0.25, 0.3) is 11.5 Å². The second-order valence-electron chi connectivity index (χ2n) is 5.14. The van der Waals surface area contributed by atoms with Gasteiger partial charge in [-0.05, 0) is 31.2 Å². The second kappa shape index (κ2) is 8.20. The Hall–Kier alpha value is -3.00. The highest BCUT2D eigenvalue weighted by molar-refractivity contribution is 6.05. The van der Waals surface area contributed by atoms with Gasteiger partial charge in [0.2, 0.25) is 0 Å². The van der Waals surface area contributed by atoms with Gasteiger partial charge in [-0.2, -0.15) is 0 Å². The quantitative estimate of drug-likeness (QED) is 0.614. The average Bonchev–Trinajstić information content (AvgIpc) is 2.54. The number of carbonyl (C=O) groups is 2. The molecule has 25 heavy (non-hydrogen) atoms. The average molecular weight is 348 g/mol. The van der Waals surface area contributed by atoms with Crippen molar-refractivity contribution >= 4 is 17.6 Å². The number of methoxy groups -OCH3 is 1. The van der Waals surface area contributed by atoms with Crippen LogP contribution in [0.3, 0.4) is 0 Å². The van der Waals surface area contributed by atoms with Crippen LogP contribution in [0.1, 0.15) is 26.4 Å². The molecule has 0 bridgehead atoms. The van der Waals surface area contributed by atoms with Crippen molar-refractivity contribution in [3.05, 3.63) is 63.3 Å². The number of esters is 1. The van der Waals surface area contributed by atoms with E-state index >= 15 is 0 Å². The molecule has 2 rings (SSSR count). The van der Waals surface area contributed by atoms with Crippen LogP contribution in [-0.4, -0.2) is 37.2 Å². The zero-order valence-corrected chi connectivity index (χ0v) is 13.7. The maximum atomic E-state index is 13.2. The summed E-state index contributed by atoms with van der Waals surface area (Å²) in [7, 11) is 1.47. The van der Waals surface area contributed by atoms with Gasteiger partial charge in [-0.25, -0.2) is 9.18 Å². The minimum Gasteiger partial charge on any atom is -0.460 e. The molecule has 1 amide bonds. The van der Waals surface area contributed by atoms with E-state index in [4.69, 9.17) is 9.47 Å². The normalized spacial score (nSPS) is 10.4. The predicted molar refractivity (Wildman–Crippen MR) is 88.3 cm³/mol. The Morgan fingerprint density at radius 1 is 1.20 bits per heavy atom. The number of aromatic nitrogens is 1. The Labute approximate surface area is 142 Å². The highest BCUT2D eigenvalue weighted by Crippen LogP contribution is 2.12. The van der Waals surface area contributed by atoms with Gasteiger partial charge < -0.3 is 19.8 Å². The molecule has 2 aromatic rings. The van der Waals surface area contributed by atoms with Gasteiger partial charge in [-0.15, -0.1) is 0 Å². The van der Waals surface area contributed by atoms with Crippen molar-refractivity contribution < 1.29 is 23.5 Å². The summed E-state index contributed by atoms with van der Waals surface area (Å²) < 4.78 is 23.0. The molecular weight excluding hydrogens is 331 g/mol. The number of halogens is 1. The van der Waals surface area contributed by atoms with Crippen LogP contribution in [0.5, 0.6) is 0 Å². The van der Waals surface area contributed by atoms with Crippen molar-refractivity contribution in [1.29, 1.82) is 0 Å². The maximum Gasteiger partial charge on any atom is 0.340 e. The van der Waals surface area contributed by atoms with Crippen LogP contribution in [0, 0.1) is 12.7 Å². The summed E-state index contributed by atoms with van der Waals surface area (Å²) in [5.41, 5.74) is -0.433. The molecule has 0 aliphatic rings. The zero-order chi connectivity index (χ0) is 18.4. The Balaban J connectivity index is 2.25. The third-order valence-corrected chi connectivity index (χ3v) is 3.31. The van der Waals surface area contributed by atoms with E-state index in [1.165, 1.54) is 32.2 Å². The second-order valence-corrected chi connectivity index (χ2v) is 5.14. The molecule has 0 spiro atoms. The topological polar surface area (TPSA) is 97.5 Å². The van der Waals surface area contributed by atoms with E-state index in [2.05, 4.69) is 10.3 Å². The number of aryl methyl sites for hydroxylation is 1. The molecule has 8 heteroatoms. The molecule has 0 fully saturated rings. The molecule has 7 nitrogen and oxygen atoms in total. The van der Waals surface area contributed by atoms with Crippen LogP contribution in [0.4, 0.5) is 10.1 Å². The fourth-order valence-electron chi connectivity index (χ4n) is 2.06. The van der Waals surface area contributed by atoms with Crippen LogP contribution in [0.2, 0.25) is 0 Å². The van der Waals surface area contributed by atoms with Gasteiger partial charge in [0.15, 0.2) is 0 Å². The lowest BCUT2D eigenvalue weighted by atomic mass is 10.1. The van der Waals surface area contributed by atoms with Gasteiger partial charge in [-0.3, -0.25) is 9.59 Å². The van der Waals surface area contributed by atoms with E-state index in [1.807, 2.05) is 0 Å². The predicted octanol–water partition coefficient (Wildman–Crippen LogP) is 1.88. The minimum absolute atomic E-state index is 0.0404. The van der Waals surface area contributed by atoms with Gasteiger partial charge in [0, 0.05) is 18.5 Å². The summed E-state index contributed by atoms with van der Waals surface area (Å²) >= 11 is 0. The molecule has 0 atom stereocenters. The van der Waals surface area contributed by atoms with E-state index < -0.39 is 23.3 Å². The molecule has 0 saturated carbocycles. The van der Waals surface area contributed by atoms with Crippen LogP contribution in [0.25, 0.3) is 0 Å². The lowest BCUT2D eigenvalue weighted by Crippen LogP contribution is -2.26. The summed E-state index contributed by atoms with van der Waals surface area (Å²) in [6.45, 7) is 1.78. The lowest BCUT2D eigenvalue weighted by Gasteiger charge is -2.09. The molecule has 1 aromatic carbocycles. The van der Waals surface area contributed by atoms with Crippen molar-refractivity contribution in [1.82, 2.24) is 4.98 Å². The number of hydrogen-bond donors (Lipinski definition) is 2. The van der Waals surface area contributed by atoms with Crippen LogP contribution in [0.15, 0.2) is 35.1 Å². The first-order chi connectivity index (χ1) is 11.9. The molecule has 1 aromatic heterocycles. The zero-order valence-electron chi connectivity index (χ0n) is 13.7. The number of aromatic amines is 1.